The molecule has 1 amide bonds. The number of amides is 1. The van der Waals surface area contributed by atoms with Gasteiger partial charge in [0.05, 0.1) is 11.6 Å². The second-order valence-electron chi connectivity index (χ2n) is 6.57. The minimum Gasteiger partial charge on any atom is -0.351 e. The molecule has 0 aliphatic carbocycles. The van der Waals surface area contributed by atoms with Gasteiger partial charge in [-0.25, -0.2) is 0 Å². The first-order valence-electron chi connectivity index (χ1n) is 8.37. The van der Waals surface area contributed by atoms with Crippen LogP contribution >= 0.6 is 35.4 Å². The molecule has 0 saturated heterocycles. The number of thiocarbonyl (C=S) groups is 1. The number of hydrogen-bond acceptors (Lipinski definition) is 2. The number of carbonyl (C=O) groups is 1. The summed E-state index contributed by atoms with van der Waals surface area (Å²) in [6.07, 6.45) is 0. The van der Waals surface area contributed by atoms with Crippen molar-refractivity contribution >= 4 is 52.1 Å². The molecule has 7 heteroatoms. The molecule has 1 aliphatic heterocycles. The lowest BCUT2D eigenvalue weighted by Crippen LogP contribution is -2.45. The van der Waals surface area contributed by atoms with Crippen molar-refractivity contribution in [2.24, 2.45) is 0 Å². The van der Waals surface area contributed by atoms with Crippen molar-refractivity contribution in [1.29, 1.82) is 0 Å². The van der Waals surface area contributed by atoms with E-state index in [1.54, 1.807) is 18.2 Å². The third-order valence-electron chi connectivity index (χ3n) is 4.27. The fourth-order valence-corrected chi connectivity index (χ4v) is 4.00. The molecule has 3 rings (SSSR count). The van der Waals surface area contributed by atoms with Crippen LogP contribution in [0.25, 0.3) is 0 Å². The average molecular weight is 420 g/mol. The molecule has 0 radical (unpaired) electrons. The molecule has 4 nitrogen and oxygen atoms in total. The van der Waals surface area contributed by atoms with E-state index in [2.05, 4.69) is 22.0 Å². The molecule has 1 heterocycles. The molecule has 0 spiro atoms. The van der Waals surface area contributed by atoms with Crippen LogP contribution in [0.1, 0.15) is 29.7 Å². The highest BCUT2D eigenvalue weighted by molar-refractivity contribution is 7.80. The summed E-state index contributed by atoms with van der Waals surface area (Å²) in [5.74, 6) is -0.226. The van der Waals surface area contributed by atoms with Gasteiger partial charge in [-0.1, -0.05) is 35.3 Å². The first kappa shape index (κ1) is 19.7. The number of aryl methyl sites for hydroxylation is 2. The van der Waals surface area contributed by atoms with Crippen LogP contribution in [0.5, 0.6) is 0 Å². The van der Waals surface area contributed by atoms with E-state index in [1.807, 2.05) is 32.9 Å². The number of benzene rings is 2. The number of nitrogens with one attached hydrogen (secondary N) is 3. The van der Waals surface area contributed by atoms with Crippen LogP contribution in [0.3, 0.4) is 0 Å². The smallest absolute Gasteiger partial charge is 0.255 e. The minimum absolute atomic E-state index is 0.226. The lowest BCUT2D eigenvalue weighted by atomic mass is 9.94. The zero-order valence-electron chi connectivity index (χ0n) is 15.1. The number of halogens is 2. The highest BCUT2D eigenvalue weighted by atomic mass is 35.5. The first-order valence-corrected chi connectivity index (χ1v) is 9.54. The summed E-state index contributed by atoms with van der Waals surface area (Å²) in [4.78, 5) is 13.1. The molecule has 0 aromatic heterocycles. The zero-order chi connectivity index (χ0) is 19.7. The maximum atomic E-state index is 13.1. The third kappa shape index (κ3) is 4.43. The van der Waals surface area contributed by atoms with Gasteiger partial charge in [-0.15, -0.1) is 0 Å². The molecule has 140 valence electrons. The van der Waals surface area contributed by atoms with Gasteiger partial charge in [-0.05, 0) is 73.9 Å². The summed E-state index contributed by atoms with van der Waals surface area (Å²) in [5.41, 5.74) is 4.83. The lowest BCUT2D eigenvalue weighted by Gasteiger charge is -2.31. The van der Waals surface area contributed by atoms with Crippen molar-refractivity contribution in [1.82, 2.24) is 10.6 Å². The molecule has 0 unspecified atom stereocenters. The molecule has 2 aromatic rings. The van der Waals surface area contributed by atoms with Gasteiger partial charge in [0.1, 0.15) is 0 Å². The Hall–Kier alpha value is -2.08. The van der Waals surface area contributed by atoms with E-state index in [0.717, 1.165) is 22.4 Å². The summed E-state index contributed by atoms with van der Waals surface area (Å²) in [6.45, 7) is 5.80. The summed E-state index contributed by atoms with van der Waals surface area (Å²) < 4.78 is 0. The Bertz CT molecular complexity index is 951. The number of hydrogen-bond donors (Lipinski definition) is 3. The van der Waals surface area contributed by atoms with Gasteiger partial charge in [0.2, 0.25) is 0 Å². The van der Waals surface area contributed by atoms with E-state index in [4.69, 9.17) is 35.4 Å². The number of anilines is 1. The quantitative estimate of drug-likeness (QED) is 0.609. The van der Waals surface area contributed by atoms with Crippen molar-refractivity contribution in [2.45, 2.75) is 26.8 Å². The zero-order valence-corrected chi connectivity index (χ0v) is 17.4. The Labute approximate surface area is 173 Å². The van der Waals surface area contributed by atoms with E-state index in [9.17, 15) is 4.79 Å². The van der Waals surface area contributed by atoms with E-state index < -0.39 is 6.04 Å². The van der Waals surface area contributed by atoms with Gasteiger partial charge < -0.3 is 16.0 Å². The Balaban J connectivity index is 1.99. The molecule has 3 N–H and O–H groups in total. The molecular formula is C20H19Cl2N3OS. The van der Waals surface area contributed by atoms with Gasteiger partial charge in [0.15, 0.2) is 5.11 Å². The van der Waals surface area contributed by atoms with Crippen molar-refractivity contribution < 1.29 is 4.79 Å². The third-order valence-corrected chi connectivity index (χ3v) is 5.05. The van der Waals surface area contributed by atoms with Crippen molar-refractivity contribution in [2.75, 3.05) is 5.32 Å². The van der Waals surface area contributed by atoms with E-state index in [0.29, 0.717) is 26.4 Å². The van der Waals surface area contributed by atoms with E-state index in [1.165, 1.54) is 0 Å². The standard InChI is InChI=1S/C20H19Cl2N3OS/c1-10-6-11(2)8-14(7-10)24-19(26)17-12(3)23-20(27)25-18(17)15-5-4-13(21)9-16(15)22/h4-9,18H,1-3H3,(H,24,26)(H2,23,25,27)/t18-/m1/s1. The van der Waals surface area contributed by atoms with Gasteiger partial charge in [0.25, 0.3) is 5.91 Å². The molecular weight excluding hydrogens is 401 g/mol. The largest absolute Gasteiger partial charge is 0.351 e. The topological polar surface area (TPSA) is 53.2 Å². The maximum Gasteiger partial charge on any atom is 0.255 e. The van der Waals surface area contributed by atoms with E-state index >= 15 is 0 Å². The molecule has 2 aromatic carbocycles. The molecule has 1 atom stereocenters. The van der Waals surface area contributed by atoms with Crippen LogP contribution in [0.15, 0.2) is 47.7 Å². The highest BCUT2D eigenvalue weighted by Crippen LogP contribution is 2.33. The monoisotopic (exact) mass is 419 g/mol. The summed E-state index contributed by atoms with van der Waals surface area (Å²) in [7, 11) is 0. The second kappa shape index (κ2) is 7.89. The fraction of sp³-hybridized carbons (Fsp3) is 0.200. The summed E-state index contributed by atoms with van der Waals surface area (Å²) in [5, 5.41) is 10.6. The predicted octanol–water partition coefficient (Wildman–Crippen LogP) is 5.04. The molecule has 0 fully saturated rings. The maximum absolute atomic E-state index is 13.1. The van der Waals surface area contributed by atoms with Crippen LogP contribution in [0.4, 0.5) is 5.69 Å². The van der Waals surface area contributed by atoms with Gasteiger partial charge >= 0.3 is 0 Å². The molecule has 1 aliphatic rings. The minimum atomic E-state index is -0.477. The number of rotatable bonds is 3. The van der Waals surface area contributed by atoms with E-state index in [-0.39, 0.29) is 5.91 Å². The molecule has 0 bridgehead atoms. The van der Waals surface area contributed by atoms with Crippen LogP contribution in [0.2, 0.25) is 10.0 Å². The lowest BCUT2D eigenvalue weighted by molar-refractivity contribution is -0.113. The van der Waals surface area contributed by atoms with Gasteiger partial charge in [-0.3, -0.25) is 4.79 Å². The Morgan fingerprint density at radius 3 is 2.37 bits per heavy atom. The normalized spacial score (nSPS) is 16.6. The summed E-state index contributed by atoms with van der Waals surface area (Å²) >= 11 is 17.7. The van der Waals surface area contributed by atoms with Crippen LogP contribution in [-0.2, 0) is 4.79 Å². The van der Waals surface area contributed by atoms with Gasteiger partial charge in [0, 0.05) is 21.4 Å². The van der Waals surface area contributed by atoms with Crippen molar-refractivity contribution in [3.8, 4) is 0 Å². The predicted molar refractivity (Wildman–Crippen MR) is 115 cm³/mol. The average Bonchev–Trinajstić information content (AvgIpc) is 2.52. The SMILES string of the molecule is CC1=C(C(=O)Nc2cc(C)cc(C)c2)[C@@H](c2ccc(Cl)cc2Cl)NC(=S)N1. The van der Waals surface area contributed by atoms with Gasteiger partial charge in [-0.2, -0.15) is 0 Å². The number of allylic oxidation sites excluding steroid dienone is 1. The summed E-state index contributed by atoms with van der Waals surface area (Å²) in [6, 6.07) is 10.6. The highest BCUT2D eigenvalue weighted by Gasteiger charge is 2.31. The molecule has 0 saturated carbocycles. The fourth-order valence-electron chi connectivity index (χ4n) is 3.21. The second-order valence-corrected chi connectivity index (χ2v) is 7.82. The molecule has 27 heavy (non-hydrogen) atoms. The van der Waals surface area contributed by atoms with Crippen molar-refractivity contribution in [3.63, 3.8) is 0 Å². The first-order chi connectivity index (χ1) is 12.7. The van der Waals surface area contributed by atoms with Crippen LogP contribution in [0, 0.1) is 13.8 Å². The number of carbonyl (C=O) groups excluding carboxylic acids is 1. The Morgan fingerprint density at radius 1 is 1.07 bits per heavy atom. The Morgan fingerprint density at radius 2 is 1.74 bits per heavy atom. The Kier molecular flexibility index (Phi) is 5.75. The van der Waals surface area contributed by atoms with Crippen molar-refractivity contribution in [3.05, 3.63) is 74.4 Å². The van der Waals surface area contributed by atoms with Crippen LogP contribution in [-0.4, -0.2) is 11.0 Å². The van der Waals surface area contributed by atoms with Crippen LogP contribution < -0.4 is 16.0 Å².